The fourth-order valence-electron chi connectivity index (χ4n) is 1.53. The van der Waals surface area contributed by atoms with Crippen LogP contribution >= 0.6 is 11.3 Å². The fraction of sp³-hybridized carbons (Fsp3) is 0.500. The second-order valence-electron chi connectivity index (χ2n) is 3.78. The molecule has 0 saturated carbocycles. The van der Waals surface area contributed by atoms with E-state index >= 15 is 0 Å². The number of hydroxylamine groups is 1. The third kappa shape index (κ3) is 4.12. The maximum atomic E-state index is 11.7. The Hall–Kier alpha value is -1.40. The lowest BCUT2D eigenvalue weighted by Crippen LogP contribution is -2.25. The first-order chi connectivity index (χ1) is 8.58. The smallest absolute Gasteiger partial charge is 0.332 e. The van der Waals surface area contributed by atoms with Crippen molar-refractivity contribution in [2.24, 2.45) is 0 Å². The summed E-state index contributed by atoms with van der Waals surface area (Å²) in [5, 5.41) is 8.38. The van der Waals surface area contributed by atoms with E-state index in [1.807, 2.05) is 13.0 Å². The minimum Gasteiger partial charge on any atom is -0.479 e. The molecule has 0 spiro atoms. The monoisotopic (exact) mass is 271 g/mol. The van der Waals surface area contributed by atoms with Gasteiger partial charge in [-0.25, -0.2) is 10.3 Å². The van der Waals surface area contributed by atoms with E-state index in [1.165, 1.54) is 21.8 Å². The zero-order valence-corrected chi connectivity index (χ0v) is 11.3. The van der Waals surface area contributed by atoms with Crippen molar-refractivity contribution in [3.05, 3.63) is 21.4 Å². The number of carboxylic acid groups (broad SMARTS) is 1. The predicted molar refractivity (Wildman–Crippen MR) is 68.7 cm³/mol. The lowest BCUT2D eigenvalue weighted by Gasteiger charge is -2.00. The molecule has 1 heterocycles. The molecular weight excluding hydrogens is 254 g/mol. The number of aryl methyl sites for hydroxylation is 2. The molecule has 6 heteroatoms. The van der Waals surface area contributed by atoms with Gasteiger partial charge in [-0.05, 0) is 24.5 Å². The van der Waals surface area contributed by atoms with Crippen LogP contribution in [0.15, 0.2) is 6.07 Å². The molecule has 5 nitrogen and oxygen atoms in total. The van der Waals surface area contributed by atoms with E-state index in [2.05, 4.69) is 17.2 Å². The van der Waals surface area contributed by atoms with Gasteiger partial charge < -0.3 is 5.11 Å². The van der Waals surface area contributed by atoms with Crippen LogP contribution in [0.4, 0.5) is 0 Å². The van der Waals surface area contributed by atoms with Crippen LogP contribution in [0.3, 0.4) is 0 Å². The number of hydrogen-bond donors (Lipinski definition) is 2. The van der Waals surface area contributed by atoms with E-state index in [9.17, 15) is 9.59 Å². The van der Waals surface area contributed by atoms with Crippen molar-refractivity contribution in [2.45, 2.75) is 33.1 Å². The van der Waals surface area contributed by atoms with Crippen LogP contribution in [-0.2, 0) is 22.5 Å². The molecule has 100 valence electrons. The molecule has 1 amide bonds. The number of amides is 1. The normalized spacial score (nSPS) is 10.3. The van der Waals surface area contributed by atoms with Gasteiger partial charge in [-0.15, -0.1) is 11.3 Å². The van der Waals surface area contributed by atoms with Gasteiger partial charge in [0.05, 0.1) is 4.88 Å². The van der Waals surface area contributed by atoms with E-state index in [0.29, 0.717) is 4.88 Å². The molecule has 0 aliphatic heterocycles. The van der Waals surface area contributed by atoms with E-state index < -0.39 is 18.5 Å². The molecule has 0 fully saturated rings. The average molecular weight is 271 g/mol. The largest absolute Gasteiger partial charge is 0.479 e. The van der Waals surface area contributed by atoms with Crippen LogP contribution in [0.25, 0.3) is 0 Å². The Labute approximate surface area is 110 Å². The Morgan fingerprint density at radius 3 is 2.72 bits per heavy atom. The summed E-state index contributed by atoms with van der Waals surface area (Å²) in [5.41, 5.74) is 3.30. The average Bonchev–Trinajstić information content (AvgIpc) is 2.72. The van der Waals surface area contributed by atoms with Crippen LogP contribution in [0.5, 0.6) is 0 Å². The molecule has 0 atom stereocenters. The van der Waals surface area contributed by atoms with Gasteiger partial charge in [0, 0.05) is 4.88 Å². The fourth-order valence-corrected chi connectivity index (χ4v) is 2.77. The molecule has 0 aliphatic carbocycles. The number of carbonyl (C=O) groups is 2. The van der Waals surface area contributed by atoms with Crippen molar-refractivity contribution in [2.75, 3.05) is 6.61 Å². The summed E-state index contributed by atoms with van der Waals surface area (Å²) in [4.78, 5) is 28.3. The highest BCUT2D eigenvalue weighted by Crippen LogP contribution is 2.24. The third-order valence-corrected chi connectivity index (χ3v) is 3.57. The molecule has 0 radical (unpaired) electrons. The standard InChI is InChI=1S/C12H17NO4S/c1-3-5-9-8(4-2)6-10(18-9)12(16)13-17-7-11(14)15/h6H,3-5,7H2,1-2H3,(H,13,16)(H,14,15). The van der Waals surface area contributed by atoms with Gasteiger partial charge in [0.2, 0.25) is 0 Å². The highest BCUT2D eigenvalue weighted by Gasteiger charge is 2.13. The number of rotatable bonds is 7. The molecule has 1 aromatic rings. The number of hydrogen-bond acceptors (Lipinski definition) is 4. The van der Waals surface area contributed by atoms with Gasteiger partial charge in [0.25, 0.3) is 5.91 Å². The number of thiophene rings is 1. The van der Waals surface area contributed by atoms with Crippen molar-refractivity contribution in [3.63, 3.8) is 0 Å². The lowest BCUT2D eigenvalue weighted by molar-refractivity contribution is -0.144. The molecule has 0 bridgehead atoms. The van der Waals surface area contributed by atoms with Crippen LogP contribution in [0.2, 0.25) is 0 Å². The second-order valence-corrected chi connectivity index (χ2v) is 4.91. The van der Waals surface area contributed by atoms with E-state index in [1.54, 1.807) is 0 Å². The van der Waals surface area contributed by atoms with Crippen LogP contribution < -0.4 is 5.48 Å². The molecule has 0 saturated heterocycles. The molecule has 0 aromatic carbocycles. The molecule has 1 rings (SSSR count). The number of carboxylic acids is 1. The summed E-state index contributed by atoms with van der Waals surface area (Å²) in [5.74, 6) is -1.51. The Balaban J connectivity index is 2.65. The minimum atomic E-state index is -1.12. The first-order valence-corrected chi connectivity index (χ1v) is 6.65. The highest BCUT2D eigenvalue weighted by molar-refractivity contribution is 7.14. The molecule has 2 N–H and O–H groups in total. The van der Waals surface area contributed by atoms with Crippen LogP contribution in [0, 0.1) is 0 Å². The maximum absolute atomic E-state index is 11.7. The Bertz CT molecular complexity index is 428. The Kier molecular flexibility index (Phi) is 5.80. The number of nitrogens with one attached hydrogen (secondary N) is 1. The lowest BCUT2D eigenvalue weighted by atomic mass is 10.1. The van der Waals surface area contributed by atoms with Gasteiger partial charge in [-0.3, -0.25) is 9.63 Å². The summed E-state index contributed by atoms with van der Waals surface area (Å²) in [6.07, 6.45) is 2.87. The predicted octanol–water partition coefficient (Wildman–Crippen LogP) is 2.01. The topological polar surface area (TPSA) is 75.6 Å². The third-order valence-electron chi connectivity index (χ3n) is 2.34. The van der Waals surface area contributed by atoms with E-state index in [0.717, 1.165) is 19.3 Å². The summed E-state index contributed by atoms with van der Waals surface area (Å²) >= 11 is 1.44. The van der Waals surface area contributed by atoms with Crippen molar-refractivity contribution in [3.8, 4) is 0 Å². The van der Waals surface area contributed by atoms with Gasteiger partial charge in [0.15, 0.2) is 6.61 Å². The van der Waals surface area contributed by atoms with Crippen LogP contribution in [-0.4, -0.2) is 23.6 Å². The van der Waals surface area contributed by atoms with Crippen molar-refractivity contribution < 1.29 is 19.5 Å². The molecule has 0 aliphatic rings. The summed E-state index contributed by atoms with van der Waals surface area (Å²) in [6.45, 7) is 3.60. The maximum Gasteiger partial charge on any atom is 0.332 e. The van der Waals surface area contributed by atoms with Gasteiger partial charge >= 0.3 is 5.97 Å². The van der Waals surface area contributed by atoms with E-state index in [-0.39, 0.29) is 0 Å². The van der Waals surface area contributed by atoms with Crippen molar-refractivity contribution in [1.82, 2.24) is 5.48 Å². The zero-order valence-electron chi connectivity index (χ0n) is 10.5. The summed E-state index contributed by atoms with van der Waals surface area (Å²) in [7, 11) is 0. The Morgan fingerprint density at radius 2 is 2.17 bits per heavy atom. The quantitative estimate of drug-likeness (QED) is 0.744. The Morgan fingerprint density at radius 1 is 1.44 bits per heavy atom. The number of aliphatic carboxylic acids is 1. The molecule has 0 unspecified atom stereocenters. The zero-order chi connectivity index (χ0) is 13.5. The van der Waals surface area contributed by atoms with Gasteiger partial charge in [0.1, 0.15) is 0 Å². The van der Waals surface area contributed by atoms with Gasteiger partial charge in [-0.1, -0.05) is 20.3 Å². The van der Waals surface area contributed by atoms with Gasteiger partial charge in [-0.2, -0.15) is 0 Å². The second kappa shape index (κ2) is 7.13. The SMILES string of the molecule is CCCc1sc(C(=O)NOCC(=O)O)cc1CC. The van der Waals surface area contributed by atoms with Crippen LogP contribution in [0.1, 0.15) is 40.4 Å². The first-order valence-electron chi connectivity index (χ1n) is 5.84. The van der Waals surface area contributed by atoms with Crippen molar-refractivity contribution in [1.29, 1.82) is 0 Å². The van der Waals surface area contributed by atoms with Crippen molar-refractivity contribution >= 4 is 23.2 Å². The summed E-state index contributed by atoms with van der Waals surface area (Å²) in [6, 6.07) is 1.84. The first kappa shape index (κ1) is 14.7. The van der Waals surface area contributed by atoms with E-state index in [4.69, 9.17) is 5.11 Å². The molecule has 18 heavy (non-hydrogen) atoms. The number of carbonyl (C=O) groups excluding carboxylic acids is 1. The molecular formula is C12H17NO4S. The minimum absolute atomic E-state index is 0.390. The molecule has 1 aromatic heterocycles. The highest BCUT2D eigenvalue weighted by atomic mass is 32.1. The summed E-state index contributed by atoms with van der Waals surface area (Å²) < 4.78 is 0.